The highest BCUT2D eigenvalue weighted by atomic mass is 19.1. The van der Waals surface area contributed by atoms with Crippen LogP contribution in [0.1, 0.15) is 16.2 Å². The van der Waals surface area contributed by atoms with Crippen LogP contribution in [0.2, 0.25) is 0 Å². The summed E-state index contributed by atoms with van der Waals surface area (Å²) < 4.78 is 23.4. The number of nitrogens with zero attached hydrogens (tertiary/aromatic N) is 4. The summed E-state index contributed by atoms with van der Waals surface area (Å²) in [5.74, 6) is -0.981. The molecule has 144 valence electrons. The minimum Gasteiger partial charge on any atom is -0.452 e. The van der Waals surface area contributed by atoms with Crippen molar-refractivity contribution in [2.24, 2.45) is 0 Å². The van der Waals surface area contributed by atoms with Crippen LogP contribution in [0.15, 0.2) is 46.9 Å². The van der Waals surface area contributed by atoms with Gasteiger partial charge in [0.25, 0.3) is 11.6 Å². The van der Waals surface area contributed by atoms with Gasteiger partial charge >= 0.3 is 5.97 Å². The molecule has 3 rings (SSSR count). The van der Waals surface area contributed by atoms with E-state index in [1.165, 1.54) is 36.4 Å². The summed E-state index contributed by atoms with van der Waals surface area (Å²) >= 11 is 0. The number of esters is 1. The van der Waals surface area contributed by atoms with Gasteiger partial charge in [-0.2, -0.15) is 0 Å². The third kappa shape index (κ3) is 4.11. The fourth-order valence-corrected chi connectivity index (χ4v) is 2.41. The molecule has 0 aliphatic heterocycles. The van der Waals surface area contributed by atoms with E-state index in [1.54, 1.807) is 19.0 Å². The maximum Gasteiger partial charge on any atom is 0.338 e. The van der Waals surface area contributed by atoms with E-state index in [0.29, 0.717) is 11.3 Å². The molecule has 1 heterocycles. The standard InChI is InChI=1S/C18H15FN4O5/c1-22(2)14-8-5-12(9-15(14)23(25)26)18(24)27-10-16-20-21-17(28-16)11-3-6-13(19)7-4-11/h3-9H,10H2,1-2H3. The van der Waals surface area contributed by atoms with Gasteiger partial charge < -0.3 is 14.1 Å². The first kappa shape index (κ1) is 19.0. The predicted octanol–water partition coefficient (Wildman–Crippen LogP) is 3.21. The molecule has 2 aromatic carbocycles. The van der Waals surface area contributed by atoms with E-state index < -0.39 is 16.7 Å². The molecular formula is C18H15FN4O5. The maximum absolute atomic E-state index is 13.0. The number of hydrogen-bond donors (Lipinski definition) is 0. The molecule has 3 aromatic rings. The molecule has 9 nitrogen and oxygen atoms in total. The van der Waals surface area contributed by atoms with Crippen LogP contribution in [0.3, 0.4) is 0 Å². The summed E-state index contributed by atoms with van der Waals surface area (Å²) in [4.78, 5) is 24.4. The zero-order valence-corrected chi connectivity index (χ0v) is 15.0. The molecule has 0 bridgehead atoms. The summed E-state index contributed by atoms with van der Waals surface area (Å²) in [6.07, 6.45) is 0. The first-order valence-electron chi connectivity index (χ1n) is 8.06. The predicted molar refractivity (Wildman–Crippen MR) is 96.2 cm³/mol. The SMILES string of the molecule is CN(C)c1ccc(C(=O)OCc2nnc(-c3ccc(F)cc3)o2)cc1[N+](=O)[O-]. The first-order valence-corrected chi connectivity index (χ1v) is 8.06. The van der Waals surface area contributed by atoms with Gasteiger partial charge in [0.15, 0.2) is 6.61 Å². The topological polar surface area (TPSA) is 112 Å². The molecule has 0 fully saturated rings. The Labute approximate surface area is 158 Å². The van der Waals surface area contributed by atoms with E-state index >= 15 is 0 Å². The number of nitro groups is 1. The van der Waals surface area contributed by atoms with Crippen molar-refractivity contribution in [3.05, 3.63) is 69.9 Å². The summed E-state index contributed by atoms with van der Waals surface area (Å²) in [6.45, 7) is -0.309. The Morgan fingerprint density at radius 1 is 1.21 bits per heavy atom. The van der Waals surface area contributed by atoms with E-state index in [9.17, 15) is 19.3 Å². The number of carbonyl (C=O) groups excluding carboxylic acids is 1. The lowest BCUT2D eigenvalue weighted by Gasteiger charge is -2.13. The Kier molecular flexibility index (Phi) is 5.30. The number of nitro benzene ring substituents is 1. The van der Waals surface area contributed by atoms with Crippen LogP contribution in [0.5, 0.6) is 0 Å². The minimum absolute atomic E-state index is 0.0237. The van der Waals surface area contributed by atoms with Gasteiger partial charge in [-0.05, 0) is 36.4 Å². The molecule has 0 aliphatic rings. The van der Waals surface area contributed by atoms with Crippen molar-refractivity contribution < 1.29 is 23.3 Å². The van der Waals surface area contributed by atoms with E-state index in [0.717, 1.165) is 6.07 Å². The van der Waals surface area contributed by atoms with E-state index in [4.69, 9.17) is 9.15 Å². The smallest absolute Gasteiger partial charge is 0.338 e. The van der Waals surface area contributed by atoms with Crippen LogP contribution in [-0.4, -0.2) is 35.2 Å². The third-order valence-corrected chi connectivity index (χ3v) is 3.77. The Bertz CT molecular complexity index is 1020. The van der Waals surface area contributed by atoms with E-state index in [1.807, 2.05) is 0 Å². The molecule has 10 heteroatoms. The quantitative estimate of drug-likeness (QED) is 0.361. The Balaban J connectivity index is 1.70. The highest BCUT2D eigenvalue weighted by Crippen LogP contribution is 2.28. The number of halogens is 1. The van der Waals surface area contributed by atoms with Crippen LogP contribution in [-0.2, 0) is 11.3 Å². The van der Waals surface area contributed by atoms with Gasteiger partial charge in [-0.15, -0.1) is 10.2 Å². The van der Waals surface area contributed by atoms with Gasteiger partial charge in [0, 0.05) is 25.7 Å². The van der Waals surface area contributed by atoms with Crippen LogP contribution >= 0.6 is 0 Å². The second kappa shape index (κ2) is 7.82. The van der Waals surface area contributed by atoms with Crippen molar-refractivity contribution in [3.8, 4) is 11.5 Å². The second-order valence-corrected chi connectivity index (χ2v) is 5.94. The summed E-state index contributed by atoms with van der Waals surface area (Å²) in [7, 11) is 3.32. The maximum atomic E-state index is 13.0. The lowest BCUT2D eigenvalue weighted by Crippen LogP contribution is -2.12. The zero-order chi connectivity index (χ0) is 20.3. The summed E-state index contributed by atoms with van der Waals surface area (Å²) in [5, 5.41) is 18.8. The van der Waals surface area contributed by atoms with Crippen molar-refractivity contribution in [2.75, 3.05) is 19.0 Å². The molecule has 0 N–H and O–H groups in total. The van der Waals surface area contributed by atoms with Crippen molar-refractivity contribution in [2.45, 2.75) is 6.61 Å². The third-order valence-electron chi connectivity index (χ3n) is 3.77. The molecule has 0 amide bonds. The zero-order valence-electron chi connectivity index (χ0n) is 15.0. The number of carbonyl (C=O) groups is 1. The van der Waals surface area contributed by atoms with Crippen LogP contribution in [0.4, 0.5) is 15.8 Å². The molecule has 0 aliphatic carbocycles. The molecule has 0 atom stereocenters. The van der Waals surface area contributed by atoms with E-state index in [-0.39, 0.29) is 29.6 Å². The Morgan fingerprint density at radius 3 is 2.57 bits per heavy atom. The van der Waals surface area contributed by atoms with Crippen molar-refractivity contribution in [1.82, 2.24) is 10.2 Å². The molecule has 0 radical (unpaired) electrons. The van der Waals surface area contributed by atoms with Gasteiger partial charge in [0.2, 0.25) is 5.89 Å². The second-order valence-electron chi connectivity index (χ2n) is 5.94. The van der Waals surface area contributed by atoms with Crippen molar-refractivity contribution in [1.29, 1.82) is 0 Å². The highest BCUT2D eigenvalue weighted by Gasteiger charge is 2.20. The Morgan fingerprint density at radius 2 is 1.93 bits per heavy atom. The first-order chi connectivity index (χ1) is 13.3. The average Bonchev–Trinajstić information content (AvgIpc) is 3.15. The van der Waals surface area contributed by atoms with Gasteiger partial charge in [-0.3, -0.25) is 10.1 Å². The normalized spacial score (nSPS) is 10.5. The number of anilines is 1. The van der Waals surface area contributed by atoms with E-state index in [2.05, 4.69) is 10.2 Å². The fourth-order valence-electron chi connectivity index (χ4n) is 2.41. The van der Waals surface area contributed by atoms with Crippen LogP contribution in [0, 0.1) is 15.9 Å². The summed E-state index contributed by atoms with van der Waals surface area (Å²) in [6, 6.07) is 9.51. The van der Waals surface area contributed by atoms with Crippen molar-refractivity contribution in [3.63, 3.8) is 0 Å². The van der Waals surface area contributed by atoms with Crippen LogP contribution in [0.25, 0.3) is 11.5 Å². The lowest BCUT2D eigenvalue weighted by molar-refractivity contribution is -0.384. The van der Waals surface area contributed by atoms with Gasteiger partial charge in [0.1, 0.15) is 11.5 Å². The molecule has 0 unspecified atom stereocenters. The lowest BCUT2D eigenvalue weighted by atomic mass is 10.1. The highest BCUT2D eigenvalue weighted by molar-refractivity contribution is 5.91. The molecule has 28 heavy (non-hydrogen) atoms. The Hall–Kier alpha value is -3.82. The largest absolute Gasteiger partial charge is 0.452 e. The fraction of sp³-hybridized carbons (Fsp3) is 0.167. The summed E-state index contributed by atoms with van der Waals surface area (Å²) in [5.41, 5.74) is 0.690. The monoisotopic (exact) mass is 386 g/mol. The molecule has 0 spiro atoms. The minimum atomic E-state index is -0.769. The number of rotatable bonds is 6. The average molecular weight is 386 g/mol. The van der Waals surface area contributed by atoms with Gasteiger partial charge in [-0.1, -0.05) is 0 Å². The van der Waals surface area contributed by atoms with Gasteiger partial charge in [-0.25, -0.2) is 9.18 Å². The number of aromatic nitrogens is 2. The number of hydrogen-bond acceptors (Lipinski definition) is 8. The number of benzene rings is 2. The van der Waals surface area contributed by atoms with Crippen LogP contribution < -0.4 is 4.90 Å². The van der Waals surface area contributed by atoms with Crippen molar-refractivity contribution >= 4 is 17.3 Å². The molecule has 0 saturated carbocycles. The molecule has 1 aromatic heterocycles. The molecular weight excluding hydrogens is 371 g/mol. The number of ether oxygens (including phenoxy) is 1. The molecule has 0 saturated heterocycles. The van der Waals surface area contributed by atoms with Gasteiger partial charge in [0.05, 0.1) is 10.5 Å².